The summed E-state index contributed by atoms with van der Waals surface area (Å²) in [6, 6.07) is -0.878. The molecule has 0 rings (SSSR count). The molecule has 0 aromatic carbocycles. The van der Waals surface area contributed by atoms with Gasteiger partial charge in [0.15, 0.2) is 0 Å². The summed E-state index contributed by atoms with van der Waals surface area (Å²) in [5.74, 6) is -0.208. The zero-order valence-electron chi connectivity index (χ0n) is 38.3. The lowest BCUT2D eigenvalue weighted by molar-refractivity contribution is -0.870. The molecule has 0 heterocycles. The Morgan fingerprint density at radius 3 is 1.55 bits per heavy atom. The highest BCUT2D eigenvalue weighted by Gasteiger charge is 2.27. The van der Waals surface area contributed by atoms with Crippen LogP contribution >= 0.6 is 7.82 Å². The second kappa shape index (κ2) is 40.6. The van der Waals surface area contributed by atoms with Gasteiger partial charge in [-0.15, -0.1) is 0 Å². The number of aliphatic hydroxyl groups excluding tert-OH is 1. The lowest BCUT2D eigenvalue weighted by atomic mass is 10.0. The van der Waals surface area contributed by atoms with E-state index in [0.29, 0.717) is 17.4 Å². The van der Waals surface area contributed by atoms with Gasteiger partial charge in [-0.3, -0.25) is 13.8 Å². The molecule has 3 atom stereocenters. The first kappa shape index (κ1) is 56.2. The van der Waals surface area contributed by atoms with E-state index in [4.69, 9.17) is 9.05 Å². The molecule has 0 bridgehead atoms. The van der Waals surface area contributed by atoms with Crippen LogP contribution in [0, 0.1) is 0 Å². The van der Waals surface area contributed by atoms with E-state index in [9.17, 15) is 19.4 Å². The molecule has 0 spiro atoms. The van der Waals surface area contributed by atoms with Crippen LogP contribution in [-0.2, 0) is 18.4 Å². The van der Waals surface area contributed by atoms with Crippen molar-refractivity contribution in [2.24, 2.45) is 0 Å². The summed E-state index contributed by atoms with van der Waals surface area (Å²) in [6.07, 6.45) is 53.1. The molecule has 0 aliphatic rings. The van der Waals surface area contributed by atoms with E-state index < -0.39 is 20.0 Å². The minimum atomic E-state index is -4.36. The molecule has 0 aromatic heterocycles. The molecule has 0 saturated heterocycles. The van der Waals surface area contributed by atoms with Crippen LogP contribution in [0.1, 0.15) is 194 Å². The molecule has 3 unspecified atom stereocenters. The highest BCUT2D eigenvalue weighted by molar-refractivity contribution is 7.47. The molecule has 9 heteroatoms. The van der Waals surface area contributed by atoms with Crippen molar-refractivity contribution < 1.29 is 32.9 Å². The van der Waals surface area contributed by atoms with Crippen molar-refractivity contribution in [1.29, 1.82) is 0 Å². The number of phosphoric ester groups is 1. The zero-order valence-corrected chi connectivity index (χ0v) is 39.2. The normalized spacial score (nSPS) is 14.8. The van der Waals surface area contributed by atoms with Crippen molar-refractivity contribution in [1.82, 2.24) is 5.32 Å². The Kier molecular flexibility index (Phi) is 39.3. The maximum absolute atomic E-state index is 12.8. The first-order chi connectivity index (χ1) is 28.0. The number of hydrogen-bond donors (Lipinski definition) is 3. The van der Waals surface area contributed by atoms with Crippen LogP contribution in [0.5, 0.6) is 0 Å². The number of carbonyl (C=O) groups excluding carboxylic acids is 1. The number of allylic oxidation sites excluding steroid dienone is 9. The monoisotopic (exact) mass is 836 g/mol. The van der Waals surface area contributed by atoms with Crippen LogP contribution in [0.25, 0.3) is 0 Å². The number of nitrogens with one attached hydrogen (secondary N) is 1. The summed E-state index contributed by atoms with van der Waals surface area (Å²) in [5, 5.41) is 13.8. The summed E-state index contributed by atoms with van der Waals surface area (Å²) in [4.78, 5) is 23.1. The minimum Gasteiger partial charge on any atom is -0.387 e. The summed E-state index contributed by atoms with van der Waals surface area (Å²) in [5.41, 5.74) is 0. The van der Waals surface area contributed by atoms with Crippen LogP contribution in [0.4, 0.5) is 0 Å². The van der Waals surface area contributed by atoms with Crippen molar-refractivity contribution in [3.05, 3.63) is 60.8 Å². The third kappa shape index (κ3) is 42.3. The van der Waals surface area contributed by atoms with Crippen LogP contribution in [0.2, 0.25) is 0 Å². The number of unbranched alkanes of at least 4 members (excludes halogenated alkanes) is 21. The van der Waals surface area contributed by atoms with E-state index in [0.717, 1.165) is 77.0 Å². The van der Waals surface area contributed by atoms with Crippen LogP contribution in [0.15, 0.2) is 60.8 Å². The van der Waals surface area contributed by atoms with Gasteiger partial charge < -0.3 is 19.8 Å². The first-order valence-electron chi connectivity index (χ1n) is 23.7. The lowest BCUT2D eigenvalue weighted by Gasteiger charge is -2.25. The first-order valence-corrected chi connectivity index (χ1v) is 25.2. The summed E-state index contributed by atoms with van der Waals surface area (Å²) < 4.78 is 23.5. The fraction of sp³-hybridized carbons (Fsp3) is 0.776. The van der Waals surface area contributed by atoms with Gasteiger partial charge in [-0.1, -0.05) is 177 Å². The topological polar surface area (TPSA) is 105 Å². The van der Waals surface area contributed by atoms with E-state index in [-0.39, 0.29) is 19.1 Å². The van der Waals surface area contributed by atoms with Crippen molar-refractivity contribution >= 4 is 13.7 Å². The zero-order chi connectivity index (χ0) is 42.8. The van der Waals surface area contributed by atoms with Crippen molar-refractivity contribution in [2.45, 2.75) is 206 Å². The number of phosphoric acid groups is 1. The standard InChI is InChI=1S/C49H91N2O6P/c1-6-8-10-12-14-16-18-20-21-22-23-24-25-26-27-28-29-31-32-34-36-38-40-42-48(52)47(46-57-58(54,55)56-45-44-51(3,4)5)50-49(53)43-41-39-37-35-33-30-19-17-15-13-11-9-7-2/h11,13,17,19,27-28,32,34,40,42,47-48,52H,6-10,12,14-16,18,20-26,29-31,33,35-39,41,43-46H2,1-5H3,(H-,50,53,54,55)/p+1/b13-11-,19-17-,28-27+,34-32+,42-40+. The van der Waals surface area contributed by atoms with E-state index in [2.05, 4.69) is 67.8 Å². The number of carbonyl (C=O) groups is 1. The van der Waals surface area contributed by atoms with Gasteiger partial charge in [-0.05, 0) is 70.6 Å². The third-order valence-electron chi connectivity index (χ3n) is 10.2. The molecule has 0 aromatic rings. The molecule has 3 N–H and O–H groups in total. The van der Waals surface area contributed by atoms with Crippen LogP contribution < -0.4 is 5.32 Å². The van der Waals surface area contributed by atoms with Crippen molar-refractivity contribution in [3.8, 4) is 0 Å². The van der Waals surface area contributed by atoms with E-state index in [1.165, 1.54) is 96.3 Å². The van der Waals surface area contributed by atoms with Gasteiger partial charge in [0.25, 0.3) is 0 Å². The van der Waals surface area contributed by atoms with Gasteiger partial charge in [0, 0.05) is 6.42 Å². The predicted molar refractivity (Wildman–Crippen MR) is 249 cm³/mol. The number of rotatable bonds is 42. The Hall–Kier alpha value is -1.80. The summed E-state index contributed by atoms with van der Waals surface area (Å²) in [7, 11) is 1.53. The highest BCUT2D eigenvalue weighted by Crippen LogP contribution is 2.43. The average molecular weight is 836 g/mol. The number of amides is 1. The molecule has 0 aliphatic heterocycles. The summed E-state index contributed by atoms with van der Waals surface area (Å²) >= 11 is 0. The van der Waals surface area contributed by atoms with Gasteiger partial charge in [-0.2, -0.15) is 0 Å². The number of likely N-dealkylation sites (N-methyl/N-ethyl adjacent to an activating group) is 1. The lowest BCUT2D eigenvalue weighted by Crippen LogP contribution is -2.45. The Morgan fingerprint density at radius 2 is 1.03 bits per heavy atom. The van der Waals surface area contributed by atoms with Gasteiger partial charge in [-0.25, -0.2) is 4.57 Å². The van der Waals surface area contributed by atoms with Gasteiger partial charge in [0.1, 0.15) is 13.2 Å². The Labute approximate surface area is 358 Å². The SMILES string of the molecule is CCC/C=C\C/C=C\CCCCCCCC(=O)NC(COP(=O)(O)OCC[N+](C)(C)C)C(O)/C=C/CC/C=C/CC/C=C/CCCCCCCCCCCCCCC. The third-order valence-corrected chi connectivity index (χ3v) is 11.2. The van der Waals surface area contributed by atoms with Crippen molar-refractivity contribution in [3.63, 3.8) is 0 Å². The number of hydrogen-bond acceptors (Lipinski definition) is 5. The second-order valence-corrected chi connectivity index (χ2v) is 18.6. The van der Waals surface area contributed by atoms with Crippen molar-refractivity contribution in [2.75, 3.05) is 40.9 Å². The maximum atomic E-state index is 12.8. The van der Waals surface area contributed by atoms with Crippen LogP contribution in [0.3, 0.4) is 0 Å². The van der Waals surface area contributed by atoms with Gasteiger partial charge >= 0.3 is 7.82 Å². The maximum Gasteiger partial charge on any atom is 0.472 e. The largest absolute Gasteiger partial charge is 0.472 e. The van der Waals surface area contributed by atoms with Crippen LogP contribution in [-0.4, -0.2) is 73.4 Å². The molecule has 0 radical (unpaired) electrons. The van der Waals surface area contributed by atoms with Gasteiger partial charge in [0.05, 0.1) is 39.9 Å². The predicted octanol–water partition coefficient (Wildman–Crippen LogP) is 13.4. The highest BCUT2D eigenvalue weighted by atomic mass is 31.2. The number of nitrogens with zero attached hydrogens (tertiary/aromatic N) is 1. The van der Waals surface area contributed by atoms with E-state index >= 15 is 0 Å². The molecular weight excluding hydrogens is 744 g/mol. The molecule has 58 heavy (non-hydrogen) atoms. The Balaban J connectivity index is 4.43. The Morgan fingerprint density at radius 1 is 0.586 bits per heavy atom. The molecule has 8 nitrogen and oxygen atoms in total. The second-order valence-electron chi connectivity index (χ2n) is 17.1. The molecule has 0 saturated carbocycles. The molecule has 0 aliphatic carbocycles. The van der Waals surface area contributed by atoms with E-state index in [1.807, 2.05) is 27.2 Å². The minimum absolute atomic E-state index is 0.0484. The number of aliphatic hydroxyl groups is 1. The molecule has 0 fully saturated rings. The average Bonchev–Trinajstić information content (AvgIpc) is 3.17. The summed E-state index contributed by atoms with van der Waals surface area (Å²) in [6.45, 7) is 4.70. The molecular formula is C49H92N2O6P+. The Bertz CT molecular complexity index is 1130. The fourth-order valence-corrected chi connectivity index (χ4v) is 7.14. The number of quaternary nitrogens is 1. The van der Waals surface area contributed by atoms with E-state index in [1.54, 1.807) is 6.08 Å². The fourth-order valence-electron chi connectivity index (χ4n) is 6.40. The smallest absolute Gasteiger partial charge is 0.387 e. The molecule has 1 amide bonds. The quantitative estimate of drug-likeness (QED) is 0.0245. The van der Waals surface area contributed by atoms with Gasteiger partial charge in [0.2, 0.25) is 5.91 Å². The molecule has 338 valence electrons.